The number of benzene rings is 1. The number of hydrogen-bond acceptors (Lipinski definition) is 3. The molecule has 1 N–H and O–H groups in total. The van der Waals surface area contributed by atoms with Crippen LogP contribution in [-0.4, -0.2) is 24.4 Å². The Balaban J connectivity index is 2.09. The molecule has 5 heteroatoms. The molecule has 1 amide bonds. The summed E-state index contributed by atoms with van der Waals surface area (Å²) in [7, 11) is 1.32. The van der Waals surface area contributed by atoms with Crippen LogP contribution >= 0.6 is 11.6 Å². The van der Waals surface area contributed by atoms with Crippen molar-refractivity contribution in [3.05, 3.63) is 29.8 Å². The predicted molar refractivity (Wildman–Crippen MR) is 78.0 cm³/mol. The summed E-state index contributed by atoms with van der Waals surface area (Å²) in [6, 6.07) is 6.84. The van der Waals surface area contributed by atoms with Gasteiger partial charge < -0.3 is 10.1 Å². The van der Waals surface area contributed by atoms with Crippen LogP contribution in [0.25, 0.3) is 0 Å². The van der Waals surface area contributed by atoms with E-state index in [0.29, 0.717) is 17.7 Å². The highest BCUT2D eigenvalue weighted by Crippen LogP contribution is 2.29. The van der Waals surface area contributed by atoms with Gasteiger partial charge in [0.25, 0.3) is 0 Å². The van der Waals surface area contributed by atoms with Crippen LogP contribution in [-0.2, 0) is 9.53 Å². The number of nitrogens with one attached hydrogen (secondary N) is 1. The van der Waals surface area contributed by atoms with E-state index in [2.05, 4.69) is 5.32 Å². The molecule has 0 bridgehead atoms. The van der Waals surface area contributed by atoms with Crippen molar-refractivity contribution in [1.82, 2.24) is 0 Å². The first-order valence-electron chi connectivity index (χ1n) is 6.74. The number of para-hydroxylation sites is 1. The number of ether oxygens (including phenoxy) is 1. The highest BCUT2D eigenvalue weighted by atomic mass is 35.5. The molecule has 1 aromatic carbocycles. The van der Waals surface area contributed by atoms with Crippen molar-refractivity contribution in [2.45, 2.75) is 31.1 Å². The first kappa shape index (κ1) is 14.9. The Morgan fingerprint density at radius 3 is 2.75 bits per heavy atom. The number of methoxy groups -OCH3 is 1. The Morgan fingerprint density at radius 1 is 1.30 bits per heavy atom. The molecule has 0 spiro atoms. The fraction of sp³-hybridized carbons (Fsp3) is 0.467. The summed E-state index contributed by atoms with van der Waals surface area (Å²) in [6.07, 6.45) is 3.46. The third kappa shape index (κ3) is 3.51. The SMILES string of the molecule is COC(=O)c1ccccc1NC(=O)C1CCCC(Cl)C1. The number of esters is 1. The highest BCUT2D eigenvalue weighted by Gasteiger charge is 2.26. The smallest absolute Gasteiger partial charge is 0.339 e. The molecule has 0 heterocycles. The molecule has 2 rings (SSSR count). The Bertz CT molecular complexity index is 504. The lowest BCUT2D eigenvalue weighted by atomic mass is 9.88. The molecular formula is C15H18ClNO3. The highest BCUT2D eigenvalue weighted by molar-refractivity contribution is 6.20. The zero-order valence-electron chi connectivity index (χ0n) is 11.4. The number of alkyl halides is 1. The average molecular weight is 296 g/mol. The lowest BCUT2D eigenvalue weighted by Gasteiger charge is -2.24. The fourth-order valence-corrected chi connectivity index (χ4v) is 2.85. The minimum absolute atomic E-state index is 0.0651. The van der Waals surface area contributed by atoms with Crippen molar-refractivity contribution in [2.75, 3.05) is 12.4 Å². The van der Waals surface area contributed by atoms with E-state index in [9.17, 15) is 9.59 Å². The third-order valence-corrected chi connectivity index (χ3v) is 3.97. The maximum atomic E-state index is 12.3. The number of amides is 1. The lowest BCUT2D eigenvalue weighted by Crippen LogP contribution is -2.29. The van der Waals surface area contributed by atoms with Gasteiger partial charge in [0.1, 0.15) is 0 Å². The summed E-state index contributed by atoms with van der Waals surface area (Å²) >= 11 is 6.11. The first-order valence-corrected chi connectivity index (χ1v) is 7.17. The van der Waals surface area contributed by atoms with Crippen molar-refractivity contribution >= 4 is 29.2 Å². The molecule has 4 nitrogen and oxygen atoms in total. The first-order chi connectivity index (χ1) is 9.61. The number of carbonyl (C=O) groups is 2. The van der Waals surface area contributed by atoms with Crippen LogP contribution in [0.4, 0.5) is 5.69 Å². The van der Waals surface area contributed by atoms with Crippen LogP contribution in [0.1, 0.15) is 36.0 Å². The fourth-order valence-electron chi connectivity index (χ4n) is 2.48. The number of halogens is 1. The van der Waals surface area contributed by atoms with E-state index >= 15 is 0 Å². The maximum Gasteiger partial charge on any atom is 0.339 e. The molecule has 2 unspecified atom stereocenters. The molecule has 108 valence electrons. The quantitative estimate of drug-likeness (QED) is 0.688. The number of carbonyl (C=O) groups excluding carboxylic acids is 2. The number of hydrogen-bond donors (Lipinski definition) is 1. The molecule has 1 aliphatic carbocycles. The van der Waals surface area contributed by atoms with Gasteiger partial charge in [-0.1, -0.05) is 18.6 Å². The van der Waals surface area contributed by atoms with Gasteiger partial charge in [0.15, 0.2) is 0 Å². The Hall–Kier alpha value is -1.55. The van der Waals surface area contributed by atoms with Gasteiger partial charge in [-0.05, 0) is 31.4 Å². The van der Waals surface area contributed by atoms with Crippen LogP contribution in [0.2, 0.25) is 0 Å². The molecule has 0 aromatic heterocycles. The third-order valence-electron chi connectivity index (χ3n) is 3.57. The molecule has 0 saturated heterocycles. The van der Waals surface area contributed by atoms with E-state index in [1.54, 1.807) is 24.3 Å². The summed E-state index contributed by atoms with van der Waals surface area (Å²) < 4.78 is 4.71. The summed E-state index contributed by atoms with van der Waals surface area (Å²) in [5, 5.41) is 2.88. The molecule has 1 fully saturated rings. The van der Waals surface area contributed by atoms with Crippen LogP contribution in [0.3, 0.4) is 0 Å². The second-order valence-electron chi connectivity index (χ2n) is 4.99. The minimum atomic E-state index is -0.459. The van der Waals surface area contributed by atoms with Crippen LogP contribution in [0.15, 0.2) is 24.3 Å². The van der Waals surface area contributed by atoms with Gasteiger partial charge in [0.05, 0.1) is 18.4 Å². The predicted octanol–water partition coefficient (Wildman–Crippen LogP) is 3.21. The minimum Gasteiger partial charge on any atom is -0.465 e. The largest absolute Gasteiger partial charge is 0.465 e. The van der Waals surface area contributed by atoms with Crippen molar-refractivity contribution in [2.24, 2.45) is 5.92 Å². The van der Waals surface area contributed by atoms with Crippen molar-refractivity contribution in [3.8, 4) is 0 Å². The van der Waals surface area contributed by atoms with E-state index in [-0.39, 0.29) is 17.2 Å². The van der Waals surface area contributed by atoms with E-state index in [1.807, 2.05) is 0 Å². The van der Waals surface area contributed by atoms with Crippen LogP contribution < -0.4 is 5.32 Å². The summed E-state index contributed by atoms with van der Waals surface area (Å²) in [5.41, 5.74) is 0.850. The van der Waals surface area contributed by atoms with Crippen molar-refractivity contribution in [3.63, 3.8) is 0 Å². The van der Waals surface area contributed by atoms with E-state index in [1.165, 1.54) is 7.11 Å². The normalized spacial score (nSPS) is 22.1. The second-order valence-corrected chi connectivity index (χ2v) is 5.60. The van der Waals surface area contributed by atoms with E-state index in [0.717, 1.165) is 19.3 Å². The molecule has 1 aliphatic rings. The Kier molecular flexibility index (Phi) is 5.01. The zero-order valence-corrected chi connectivity index (χ0v) is 12.2. The van der Waals surface area contributed by atoms with Gasteiger partial charge >= 0.3 is 5.97 Å². The topological polar surface area (TPSA) is 55.4 Å². The second kappa shape index (κ2) is 6.75. The molecule has 0 radical (unpaired) electrons. The summed E-state index contributed by atoms with van der Waals surface area (Å²) in [6.45, 7) is 0. The summed E-state index contributed by atoms with van der Waals surface area (Å²) in [4.78, 5) is 23.9. The molecule has 20 heavy (non-hydrogen) atoms. The lowest BCUT2D eigenvalue weighted by molar-refractivity contribution is -0.120. The van der Waals surface area contributed by atoms with Crippen molar-refractivity contribution < 1.29 is 14.3 Å². The van der Waals surface area contributed by atoms with Gasteiger partial charge in [-0.15, -0.1) is 11.6 Å². The summed E-state index contributed by atoms with van der Waals surface area (Å²) in [5.74, 6) is -0.622. The molecule has 1 saturated carbocycles. The Labute approximate surface area is 123 Å². The van der Waals surface area contributed by atoms with Gasteiger partial charge in [-0.2, -0.15) is 0 Å². The standard InChI is InChI=1S/C15H18ClNO3/c1-20-15(19)12-7-2-3-8-13(12)17-14(18)10-5-4-6-11(16)9-10/h2-3,7-8,10-11H,4-6,9H2,1H3,(H,17,18). The average Bonchev–Trinajstić information content (AvgIpc) is 2.47. The number of rotatable bonds is 3. The van der Waals surface area contributed by atoms with Gasteiger partial charge in [0.2, 0.25) is 5.91 Å². The van der Waals surface area contributed by atoms with E-state index in [4.69, 9.17) is 16.3 Å². The van der Waals surface area contributed by atoms with Gasteiger partial charge in [-0.3, -0.25) is 4.79 Å². The molecular weight excluding hydrogens is 278 g/mol. The van der Waals surface area contributed by atoms with Crippen molar-refractivity contribution in [1.29, 1.82) is 0 Å². The number of anilines is 1. The molecule has 2 atom stereocenters. The molecule has 1 aromatic rings. The van der Waals surface area contributed by atoms with Gasteiger partial charge in [-0.25, -0.2) is 4.79 Å². The van der Waals surface area contributed by atoms with Gasteiger partial charge in [0, 0.05) is 11.3 Å². The van der Waals surface area contributed by atoms with Crippen LogP contribution in [0.5, 0.6) is 0 Å². The van der Waals surface area contributed by atoms with E-state index < -0.39 is 5.97 Å². The Morgan fingerprint density at radius 2 is 2.05 bits per heavy atom. The maximum absolute atomic E-state index is 12.3. The zero-order chi connectivity index (χ0) is 14.5. The molecule has 0 aliphatic heterocycles. The monoisotopic (exact) mass is 295 g/mol. The van der Waals surface area contributed by atoms with Crippen LogP contribution in [0, 0.1) is 5.92 Å².